The van der Waals surface area contributed by atoms with Gasteiger partial charge in [0.25, 0.3) is 0 Å². The van der Waals surface area contributed by atoms with E-state index >= 15 is 0 Å². The predicted molar refractivity (Wildman–Crippen MR) is 89.1 cm³/mol. The summed E-state index contributed by atoms with van der Waals surface area (Å²) in [6.45, 7) is 3.16. The van der Waals surface area contributed by atoms with E-state index in [0.29, 0.717) is 12.3 Å². The average Bonchev–Trinajstić information content (AvgIpc) is 3.03. The minimum absolute atomic E-state index is 0.180. The summed E-state index contributed by atoms with van der Waals surface area (Å²) in [5, 5.41) is 0. The van der Waals surface area contributed by atoms with E-state index in [-0.39, 0.29) is 12.0 Å². The summed E-state index contributed by atoms with van der Waals surface area (Å²) in [7, 11) is 4.06. The fourth-order valence-electron chi connectivity index (χ4n) is 2.34. The molecule has 1 unspecified atom stereocenters. The van der Waals surface area contributed by atoms with Gasteiger partial charge in [0.2, 0.25) is 5.91 Å². The van der Waals surface area contributed by atoms with Crippen LogP contribution in [0.5, 0.6) is 0 Å². The van der Waals surface area contributed by atoms with Crippen LogP contribution in [0, 0.1) is 0 Å². The second-order valence-corrected chi connectivity index (χ2v) is 6.80. The van der Waals surface area contributed by atoms with Crippen LogP contribution in [0.2, 0.25) is 0 Å². The fourth-order valence-corrected chi connectivity index (χ4v) is 3.13. The highest BCUT2D eigenvalue weighted by atomic mass is 32.2. The third kappa shape index (κ3) is 5.94. The van der Waals surface area contributed by atoms with Crippen LogP contribution < -0.4 is 0 Å². The molecule has 1 atom stereocenters. The minimum atomic E-state index is 0.180. The summed E-state index contributed by atoms with van der Waals surface area (Å²) in [5.41, 5.74) is 0. The maximum Gasteiger partial charge on any atom is 0.233 e. The lowest BCUT2D eigenvalue weighted by atomic mass is 10.2. The Morgan fingerprint density at radius 2 is 2.14 bits per heavy atom. The standard InChI is InChI=1S/C16H25N3O2S/c1-18(2)9-10-19(12-14-4-3-11-21-14)16(20)13-22-15-5-7-17-8-6-15/h5-8,14H,3-4,9-13H2,1-2H3. The molecule has 0 aromatic carbocycles. The maximum atomic E-state index is 12.5. The molecule has 122 valence electrons. The van der Waals surface area contributed by atoms with Crippen LogP contribution in [-0.2, 0) is 9.53 Å². The number of rotatable bonds is 8. The molecule has 0 radical (unpaired) electrons. The lowest BCUT2D eigenvalue weighted by Gasteiger charge is -2.26. The van der Waals surface area contributed by atoms with E-state index in [9.17, 15) is 4.79 Å². The number of aromatic nitrogens is 1. The summed E-state index contributed by atoms with van der Waals surface area (Å²) >= 11 is 1.56. The van der Waals surface area contributed by atoms with E-state index in [1.165, 1.54) is 0 Å². The van der Waals surface area contributed by atoms with E-state index in [4.69, 9.17) is 4.74 Å². The second-order valence-electron chi connectivity index (χ2n) is 5.75. The Bertz CT molecular complexity index is 450. The number of thioether (sulfide) groups is 1. The molecule has 0 spiro atoms. The Morgan fingerprint density at radius 1 is 1.36 bits per heavy atom. The van der Waals surface area contributed by atoms with Gasteiger partial charge in [0.05, 0.1) is 11.9 Å². The highest BCUT2D eigenvalue weighted by Crippen LogP contribution is 2.18. The maximum absolute atomic E-state index is 12.5. The van der Waals surface area contributed by atoms with Crippen molar-refractivity contribution in [2.75, 3.05) is 46.1 Å². The molecular formula is C16H25N3O2S. The van der Waals surface area contributed by atoms with Gasteiger partial charge in [0.15, 0.2) is 0 Å². The number of hydrogen-bond donors (Lipinski definition) is 0. The zero-order chi connectivity index (χ0) is 15.8. The third-order valence-electron chi connectivity index (χ3n) is 3.63. The van der Waals surface area contributed by atoms with E-state index < -0.39 is 0 Å². The van der Waals surface area contributed by atoms with Crippen molar-refractivity contribution in [3.63, 3.8) is 0 Å². The highest BCUT2D eigenvalue weighted by Gasteiger charge is 2.22. The number of amides is 1. The first kappa shape index (κ1) is 17.2. The number of pyridine rings is 1. The summed E-state index contributed by atoms with van der Waals surface area (Å²) in [6, 6.07) is 3.87. The van der Waals surface area contributed by atoms with Gasteiger partial charge in [-0.1, -0.05) is 0 Å². The number of nitrogens with zero attached hydrogens (tertiary/aromatic N) is 3. The molecule has 1 aromatic heterocycles. The van der Waals surface area contributed by atoms with Gasteiger partial charge in [-0.05, 0) is 39.1 Å². The van der Waals surface area contributed by atoms with E-state index in [1.54, 1.807) is 24.2 Å². The molecule has 1 amide bonds. The van der Waals surface area contributed by atoms with Crippen LogP contribution >= 0.6 is 11.8 Å². The quantitative estimate of drug-likeness (QED) is 0.682. The average molecular weight is 323 g/mol. The zero-order valence-corrected chi connectivity index (χ0v) is 14.2. The van der Waals surface area contributed by atoms with Crippen molar-refractivity contribution in [2.24, 2.45) is 0 Å². The Kier molecular flexibility index (Phi) is 7.15. The predicted octanol–water partition coefficient (Wildman–Crippen LogP) is 1.74. The Labute approximate surface area is 137 Å². The smallest absolute Gasteiger partial charge is 0.233 e. The van der Waals surface area contributed by atoms with Gasteiger partial charge in [-0.25, -0.2) is 0 Å². The van der Waals surface area contributed by atoms with Gasteiger partial charge in [0, 0.05) is 43.5 Å². The number of likely N-dealkylation sites (N-methyl/N-ethyl adjacent to an activating group) is 1. The Balaban J connectivity index is 1.86. The van der Waals surface area contributed by atoms with Crippen LogP contribution in [0.15, 0.2) is 29.4 Å². The number of carbonyl (C=O) groups excluding carboxylic acids is 1. The van der Waals surface area contributed by atoms with Gasteiger partial charge < -0.3 is 14.5 Å². The molecule has 0 saturated carbocycles. The normalized spacial score (nSPS) is 17.9. The molecule has 1 saturated heterocycles. The molecule has 1 fully saturated rings. The molecule has 0 N–H and O–H groups in total. The van der Waals surface area contributed by atoms with Crippen LogP contribution in [0.1, 0.15) is 12.8 Å². The summed E-state index contributed by atoms with van der Waals surface area (Å²) < 4.78 is 5.68. The number of ether oxygens (including phenoxy) is 1. The summed E-state index contributed by atoms with van der Waals surface area (Å²) in [4.78, 5) is 21.7. The van der Waals surface area contributed by atoms with E-state index in [1.807, 2.05) is 31.1 Å². The van der Waals surface area contributed by atoms with Gasteiger partial charge in [-0.2, -0.15) is 0 Å². The number of hydrogen-bond acceptors (Lipinski definition) is 5. The summed E-state index contributed by atoms with van der Waals surface area (Å²) in [6.07, 6.45) is 5.87. The molecule has 6 heteroatoms. The molecule has 1 aliphatic rings. The van der Waals surface area contributed by atoms with Gasteiger partial charge >= 0.3 is 0 Å². The van der Waals surface area contributed by atoms with Crippen molar-refractivity contribution in [3.05, 3.63) is 24.5 Å². The molecule has 0 bridgehead atoms. The molecule has 1 aromatic rings. The molecule has 5 nitrogen and oxygen atoms in total. The molecule has 22 heavy (non-hydrogen) atoms. The summed E-state index contributed by atoms with van der Waals surface area (Å²) in [5.74, 6) is 0.642. The second kappa shape index (κ2) is 9.12. The monoisotopic (exact) mass is 323 g/mol. The SMILES string of the molecule is CN(C)CCN(CC1CCCO1)C(=O)CSc1ccncc1. The molecular weight excluding hydrogens is 298 g/mol. The zero-order valence-electron chi connectivity index (χ0n) is 13.4. The minimum Gasteiger partial charge on any atom is -0.376 e. The molecule has 2 heterocycles. The third-order valence-corrected chi connectivity index (χ3v) is 4.63. The fraction of sp³-hybridized carbons (Fsp3) is 0.625. The first-order valence-electron chi connectivity index (χ1n) is 7.72. The van der Waals surface area contributed by atoms with Crippen LogP contribution in [0.25, 0.3) is 0 Å². The van der Waals surface area contributed by atoms with Gasteiger partial charge in [-0.3, -0.25) is 9.78 Å². The van der Waals surface area contributed by atoms with Crippen molar-refractivity contribution >= 4 is 17.7 Å². The first-order chi connectivity index (χ1) is 10.6. The molecule has 0 aliphatic carbocycles. The van der Waals surface area contributed by atoms with Crippen molar-refractivity contribution in [3.8, 4) is 0 Å². The lowest BCUT2D eigenvalue weighted by Crippen LogP contribution is -2.42. The molecule has 1 aliphatic heterocycles. The van der Waals surface area contributed by atoms with Gasteiger partial charge in [-0.15, -0.1) is 11.8 Å². The van der Waals surface area contributed by atoms with Crippen molar-refractivity contribution < 1.29 is 9.53 Å². The Hall–Kier alpha value is -1.11. The van der Waals surface area contributed by atoms with E-state index in [0.717, 1.165) is 37.4 Å². The molecule has 2 rings (SSSR count). The topological polar surface area (TPSA) is 45.7 Å². The largest absolute Gasteiger partial charge is 0.376 e. The Morgan fingerprint density at radius 3 is 2.77 bits per heavy atom. The highest BCUT2D eigenvalue weighted by molar-refractivity contribution is 8.00. The lowest BCUT2D eigenvalue weighted by molar-refractivity contribution is -0.130. The van der Waals surface area contributed by atoms with Crippen LogP contribution in [-0.4, -0.2) is 72.9 Å². The number of carbonyl (C=O) groups is 1. The van der Waals surface area contributed by atoms with Crippen molar-refractivity contribution in [1.82, 2.24) is 14.8 Å². The van der Waals surface area contributed by atoms with Crippen LogP contribution in [0.3, 0.4) is 0 Å². The van der Waals surface area contributed by atoms with Gasteiger partial charge in [0.1, 0.15) is 0 Å². The van der Waals surface area contributed by atoms with E-state index in [2.05, 4.69) is 9.88 Å². The van der Waals surface area contributed by atoms with Crippen molar-refractivity contribution in [1.29, 1.82) is 0 Å². The van der Waals surface area contributed by atoms with Crippen molar-refractivity contribution in [2.45, 2.75) is 23.8 Å². The van der Waals surface area contributed by atoms with Crippen LogP contribution in [0.4, 0.5) is 0 Å². The first-order valence-corrected chi connectivity index (χ1v) is 8.70.